The number of Topliss-reactive ketones (excluding diaryl/α,β-unsaturated/α-hetero) is 1. The van der Waals surface area contributed by atoms with Gasteiger partial charge in [-0.3, -0.25) is 14.4 Å². The van der Waals surface area contributed by atoms with Crippen LogP contribution in [0.2, 0.25) is 0 Å². The van der Waals surface area contributed by atoms with Crippen molar-refractivity contribution in [3.63, 3.8) is 0 Å². The Bertz CT molecular complexity index is 625. The quantitative estimate of drug-likeness (QED) is 0.752. The first-order chi connectivity index (χ1) is 11.5. The fourth-order valence-electron chi connectivity index (χ4n) is 2.98. The van der Waals surface area contributed by atoms with Crippen LogP contribution in [0.25, 0.3) is 0 Å². The zero-order chi connectivity index (χ0) is 17.5. The molecule has 1 aliphatic rings. The smallest absolute Gasteiger partial charge is 0.242 e. The normalized spacial score (nSPS) is 14.4. The van der Waals surface area contributed by atoms with Gasteiger partial charge in [-0.1, -0.05) is 12.1 Å². The van der Waals surface area contributed by atoms with Gasteiger partial charge in [0, 0.05) is 24.9 Å². The third-order valence-electron chi connectivity index (χ3n) is 4.37. The summed E-state index contributed by atoms with van der Waals surface area (Å²) in [6, 6.07) is 5.29. The number of aryl methyl sites for hydroxylation is 2. The highest BCUT2D eigenvalue weighted by atomic mass is 16.2. The van der Waals surface area contributed by atoms with E-state index in [1.54, 1.807) is 6.92 Å². The van der Waals surface area contributed by atoms with Crippen molar-refractivity contribution in [1.29, 1.82) is 0 Å². The first kappa shape index (κ1) is 18.2. The summed E-state index contributed by atoms with van der Waals surface area (Å²) in [7, 11) is 0. The first-order valence-electron chi connectivity index (χ1n) is 8.73. The van der Waals surface area contributed by atoms with Crippen molar-refractivity contribution in [2.24, 2.45) is 0 Å². The number of benzene rings is 1. The van der Waals surface area contributed by atoms with Crippen LogP contribution in [0.15, 0.2) is 18.2 Å². The predicted octanol–water partition coefficient (Wildman–Crippen LogP) is 2.17. The molecular formula is C19H26N2O3. The Hall–Kier alpha value is -2.17. The summed E-state index contributed by atoms with van der Waals surface area (Å²) in [5.41, 5.74) is 3.29. The third-order valence-corrected chi connectivity index (χ3v) is 4.37. The van der Waals surface area contributed by atoms with Gasteiger partial charge in [0.1, 0.15) is 6.04 Å². The molecule has 0 radical (unpaired) electrons. The monoisotopic (exact) mass is 330 g/mol. The lowest BCUT2D eigenvalue weighted by molar-refractivity contribution is -0.128. The Morgan fingerprint density at radius 1 is 1.08 bits per heavy atom. The maximum Gasteiger partial charge on any atom is 0.242 e. The fourth-order valence-corrected chi connectivity index (χ4v) is 2.98. The van der Waals surface area contributed by atoms with Gasteiger partial charge < -0.3 is 10.6 Å². The maximum absolute atomic E-state index is 12.3. The molecule has 0 bridgehead atoms. The Kier molecular flexibility index (Phi) is 6.53. The molecule has 0 saturated heterocycles. The molecule has 24 heavy (non-hydrogen) atoms. The number of hydrogen-bond donors (Lipinski definition) is 2. The Morgan fingerprint density at radius 2 is 1.79 bits per heavy atom. The number of ketones is 1. The number of fused-ring (bicyclic) bond motifs is 1. The minimum absolute atomic E-state index is 0.0239. The topological polar surface area (TPSA) is 75.3 Å². The van der Waals surface area contributed by atoms with E-state index in [9.17, 15) is 14.4 Å². The van der Waals surface area contributed by atoms with Gasteiger partial charge in [-0.25, -0.2) is 0 Å². The molecule has 130 valence electrons. The van der Waals surface area contributed by atoms with Crippen LogP contribution in [-0.4, -0.2) is 30.2 Å². The maximum atomic E-state index is 12.3. The van der Waals surface area contributed by atoms with E-state index in [0.29, 0.717) is 12.1 Å². The molecule has 1 aromatic carbocycles. The Balaban J connectivity index is 1.84. The van der Waals surface area contributed by atoms with Crippen LogP contribution in [0.4, 0.5) is 0 Å². The lowest BCUT2D eigenvalue weighted by Crippen LogP contribution is -2.44. The van der Waals surface area contributed by atoms with Gasteiger partial charge >= 0.3 is 0 Å². The average Bonchev–Trinajstić information content (AvgIpc) is 2.59. The molecule has 0 aliphatic heterocycles. The summed E-state index contributed by atoms with van der Waals surface area (Å²) in [5, 5.41) is 5.27. The van der Waals surface area contributed by atoms with Crippen LogP contribution in [0, 0.1) is 0 Å². The summed E-state index contributed by atoms with van der Waals surface area (Å²) in [6.07, 6.45) is 4.76. The second kappa shape index (κ2) is 8.62. The van der Waals surface area contributed by atoms with E-state index >= 15 is 0 Å². The summed E-state index contributed by atoms with van der Waals surface area (Å²) in [5.74, 6) is -0.517. The van der Waals surface area contributed by atoms with Crippen molar-refractivity contribution in [2.75, 3.05) is 6.54 Å². The van der Waals surface area contributed by atoms with Crippen molar-refractivity contribution < 1.29 is 14.4 Å². The van der Waals surface area contributed by atoms with E-state index in [4.69, 9.17) is 0 Å². The minimum atomic E-state index is -0.587. The highest BCUT2D eigenvalue weighted by Gasteiger charge is 2.17. The van der Waals surface area contributed by atoms with Gasteiger partial charge in [0.25, 0.3) is 0 Å². The number of nitrogens with one attached hydrogen (secondary N) is 2. The van der Waals surface area contributed by atoms with Crippen LogP contribution < -0.4 is 10.6 Å². The molecule has 0 heterocycles. The number of amides is 2. The molecule has 1 aliphatic carbocycles. The van der Waals surface area contributed by atoms with Crippen LogP contribution in [0.3, 0.4) is 0 Å². The molecule has 5 heteroatoms. The Labute approximate surface area is 143 Å². The molecule has 0 spiro atoms. The van der Waals surface area contributed by atoms with Crippen LogP contribution in [0.5, 0.6) is 0 Å². The number of rotatable bonds is 7. The van der Waals surface area contributed by atoms with Crippen LogP contribution in [-0.2, 0) is 22.4 Å². The van der Waals surface area contributed by atoms with E-state index in [1.165, 1.54) is 24.0 Å². The largest absolute Gasteiger partial charge is 0.355 e. The standard InChI is InChI=1S/C19H26N2O3/c1-3-20-19(24)13(2)21-18(23)11-10-17(22)16-9-8-14-6-4-5-7-15(14)12-16/h8-9,12-13H,3-7,10-11H2,1-2H3,(H,20,24)(H,21,23)/t13-/m0/s1. The summed E-state index contributed by atoms with van der Waals surface area (Å²) < 4.78 is 0. The molecule has 2 N–H and O–H groups in total. The average molecular weight is 330 g/mol. The highest BCUT2D eigenvalue weighted by Crippen LogP contribution is 2.22. The molecular weight excluding hydrogens is 304 g/mol. The SMILES string of the molecule is CCNC(=O)[C@H](C)NC(=O)CCC(=O)c1ccc2c(c1)CCCC2. The molecule has 1 atom stereocenters. The second-order valence-electron chi connectivity index (χ2n) is 6.30. The van der Waals surface area contributed by atoms with Gasteiger partial charge in [-0.15, -0.1) is 0 Å². The number of carbonyl (C=O) groups is 3. The lowest BCUT2D eigenvalue weighted by Gasteiger charge is -2.16. The predicted molar refractivity (Wildman–Crippen MR) is 92.9 cm³/mol. The molecule has 5 nitrogen and oxygen atoms in total. The fraction of sp³-hybridized carbons (Fsp3) is 0.526. The van der Waals surface area contributed by atoms with Gasteiger partial charge in [0.15, 0.2) is 5.78 Å². The molecule has 0 unspecified atom stereocenters. The van der Waals surface area contributed by atoms with E-state index in [0.717, 1.165) is 12.8 Å². The summed E-state index contributed by atoms with van der Waals surface area (Å²) in [6.45, 7) is 3.98. The molecule has 1 aromatic rings. The Morgan fingerprint density at radius 3 is 2.50 bits per heavy atom. The number of likely N-dealkylation sites (N-methyl/N-ethyl adjacent to an activating group) is 1. The molecule has 2 amide bonds. The van der Waals surface area contributed by atoms with Crippen molar-refractivity contribution >= 4 is 17.6 Å². The summed E-state index contributed by atoms with van der Waals surface area (Å²) >= 11 is 0. The van der Waals surface area contributed by atoms with E-state index in [1.807, 2.05) is 25.1 Å². The van der Waals surface area contributed by atoms with Gasteiger partial charge in [-0.05, 0) is 56.7 Å². The highest BCUT2D eigenvalue weighted by molar-refractivity contribution is 5.98. The van der Waals surface area contributed by atoms with E-state index in [-0.39, 0.29) is 30.4 Å². The minimum Gasteiger partial charge on any atom is -0.355 e. The zero-order valence-corrected chi connectivity index (χ0v) is 14.5. The molecule has 0 saturated carbocycles. The molecule has 0 aromatic heterocycles. The van der Waals surface area contributed by atoms with Crippen molar-refractivity contribution in [3.8, 4) is 0 Å². The van der Waals surface area contributed by atoms with E-state index in [2.05, 4.69) is 10.6 Å². The number of carbonyl (C=O) groups excluding carboxylic acids is 3. The lowest BCUT2D eigenvalue weighted by atomic mass is 9.89. The molecule has 2 rings (SSSR count). The van der Waals surface area contributed by atoms with Crippen LogP contribution >= 0.6 is 0 Å². The van der Waals surface area contributed by atoms with Crippen molar-refractivity contribution in [1.82, 2.24) is 10.6 Å². The van der Waals surface area contributed by atoms with E-state index < -0.39 is 6.04 Å². The third kappa shape index (κ3) is 4.91. The molecule has 0 fully saturated rings. The first-order valence-corrected chi connectivity index (χ1v) is 8.73. The van der Waals surface area contributed by atoms with Gasteiger partial charge in [-0.2, -0.15) is 0 Å². The van der Waals surface area contributed by atoms with Crippen LogP contribution in [0.1, 0.15) is 61.0 Å². The zero-order valence-electron chi connectivity index (χ0n) is 14.5. The van der Waals surface area contributed by atoms with Gasteiger partial charge in [0.2, 0.25) is 11.8 Å². The second-order valence-corrected chi connectivity index (χ2v) is 6.30. The van der Waals surface area contributed by atoms with Crippen molar-refractivity contribution in [3.05, 3.63) is 34.9 Å². The van der Waals surface area contributed by atoms with Gasteiger partial charge in [0.05, 0.1) is 0 Å². The van der Waals surface area contributed by atoms with Crippen molar-refractivity contribution in [2.45, 2.75) is 58.4 Å². The summed E-state index contributed by atoms with van der Waals surface area (Å²) in [4.78, 5) is 35.8. The number of hydrogen-bond acceptors (Lipinski definition) is 3.